The highest BCUT2D eigenvalue weighted by Crippen LogP contribution is 2.20. The monoisotopic (exact) mass is 185 g/mol. The van der Waals surface area contributed by atoms with Crippen LogP contribution in [0.25, 0.3) is 0 Å². The van der Waals surface area contributed by atoms with Gasteiger partial charge in [-0.15, -0.1) is 0 Å². The molecule has 1 N–H and O–H groups in total. The lowest BCUT2D eigenvalue weighted by atomic mass is 10.1. The smallest absolute Gasteiger partial charge is 0.303 e. The molecule has 1 saturated heterocycles. The maximum absolute atomic E-state index is 10.5. The number of hydrogen-bond donors (Lipinski definition) is 1. The Bertz CT molecular complexity index is 180. The normalized spacial score (nSPS) is 24.1. The van der Waals surface area contributed by atoms with E-state index in [0.29, 0.717) is 18.3 Å². The highest BCUT2D eigenvalue weighted by Gasteiger charge is 2.24. The van der Waals surface area contributed by atoms with E-state index in [1.807, 2.05) is 0 Å². The average molecular weight is 185 g/mol. The van der Waals surface area contributed by atoms with Gasteiger partial charge in [0.05, 0.1) is 0 Å². The van der Waals surface area contributed by atoms with Crippen LogP contribution in [0, 0.1) is 11.8 Å². The molecule has 1 aliphatic heterocycles. The first-order valence-electron chi connectivity index (χ1n) is 5.02. The molecular formula is C10H19NO2. The van der Waals surface area contributed by atoms with Gasteiger partial charge in [0.15, 0.2) is 0 Å². The van der Waals surface area contributed by atoms with E-state index in [1.54, 1.807) is 0 Å². The summed E-state index contributed by atoms with van der Waals surface area (Å²) in [6.07, 6.45) is 1.40. The molecule has 0 aromatic heterocycles. The fourth-order valence-electron chi connectivity index (χ4n) is 2.01. The molecule has 13 heavy (non-hydrogen) atoms. The summed E-state index contributed by atoms with van der Waals surface area (Å²) in [6.45, 7) is 7.56. The molecular weight excluding hydrogens is 166 g/mol. The van der Waals surface area contributed by atoms with Crippen molar-refractivity contribution in [3.63, 3.8) is 0 Å². The topological polar surface area (TPSA) is 40.5 Å². The van der Waals surface area contributed by atoms with Gasteiger partial charge in [-0.25, -0.2) is 0 Å². The van der Waals surface area contributed by atoms with Gasteiger partial charge >= 0.3 is 5.97 Å². The summed E-state index contributed by atoms with van der Waals surface area (Å²) < 4.78 is 0. The van der Waals surface area contributed by atoms with Gasteiger partial charge in [-0.2, -0.15) is 0 Å². The van der Waals surface area contributed by atoms with Gasteiger partial charge in [-0.1, -0.05) is 13.8 Å². The zero-order valence-corrected chi connectivity index (χ0v) is 8.49. The van der Waals surface area contributed by atoms with E-state index in [-0.39, 0.29) is 0 Å². The van der Waals surface area contributed by atoms with Crippen LogP contribution in [0.2, 0.25) is 0 Å². The molecule has 3 nitrogen and oxygen atoms in total. The molecule has 1 atom stereocenters. The third-order valence-corrected chi connectivity index (χ3v) is 2.46. The number of aliphatic carboxylic acids is 1. The van der Waals surface area contributed by atoms with E-state index in [4.69, 9.17) is 5.11 Å². The van der Waals surface area contributed by atoms with Gasteiger partial charge in [0.1, 0.15) is 0 Å². The van der Waals surface area contributed by atoms with E-state index >= 15 is 0 Å². The van der Waals surface area contributed by atoms with Crippen LogP contribution in [0.5, 0.6) is 0 Å². The third kappa shape index (κ3) is 3.77. The van der Waals surface area contributed by atoms with Crippen LogP contribution >= 0.6 is 0 Å². The van der Waals surface area contributed by atoms with E-state index in [2.05, 4.69) is 18.7 Å². The molecule has 0 radical (unpaired) electrons. The van der Waals surface area contributed by atoms with Gasteiger partial charge in [0.25, 0.3) is 0 Å². The van der Waals surface area contributed by atoms with Gasteiger partial charge in [-0.3, -0.25) is 4.79 Å². The number of carboxylic acids is 1. The van der Waals surface area contributed by atoms with Gasteiger partial charge in [0.2, 0.25) is 0 Å². The number of nitrogens with zero attached hydrogens (tertiary/aromatic N) is 1. The molecule has 0 aliphatic carbocycles. The Morgan fingerprint density at radius 2 is 2.31 bits per heavy atom. The molecule has 0 amide bonds. The van der Waals surface area contributed by atoms with Gasteiger partial charge < -0.3 is 10.0 Å². The Balaban J connectivity index is 2.24. The second-order valence-electron chi connectivity index (χ2n) is 4.41. The summed E-state index contributed by atoms with van der Waals surface area (Å²) in [6, 6.07) is 0. The van der Waals surface area contributed by atoms with Crippen LogP contribution in [0.15, 0.2) is 0 Å². The minimum Gasteiger partial charge on any atom is -0.481 e. The van der Waals surface area contributed by atoms with Crippen LogP contribution < -0.4 is 0 Å². The summed E-state index contributed by atoms with van der Waals surface area (Å²) in [5.41, 5.74) is 0. The fourth-order valence-corrected chi connectivity index (χ4v) is 2.01. The Morgan fingerprint density at radius 3 is 2.85 bits per heavy atom. The van der Waals surface area contributed by atoms with Crippen LogP contribution in [-0.4, -0.2) is 35.6 Å². The minimum atomic E-state index is -0.656. The molecule has 0 spiro atoms. The van der Waals surface area contributed by atoms with Crippen LogP contribution in [0.1, 0.15) is 26.7 Å². The maximum Gasteiger partial charge on any atom is 0.303 e. The predicted molar refractivity (Wildman–Crippen MR) is 51.6 cm³/mol. The number of likely N-dealkylation sites (tertiary alicyclic amines) is 1. The van der Waals surface area contributed by atoms with E-state index in [9.17, 15) is 4.79 Å². The summed E-state index contributed by atoms with van der Waals surface area (Å²) in [7, 11) is 0. The van der Waals surface area contributed by atoms with E-state index in [1.165, 1.54) is 0 Å². The zero-order valence-electron chi connectivity index (χ0n) is 8.49. The molecule has 0 bridgehead atoms. The Labute approximate surface area is 79.7 Å². The van der Waals surface area contributed by atoms with Crippen molar-refractivity contribution in [3.05, 3.63) is 0 Å². The molecule has 1 rings (SSSR count). The second-order valence-corrected chi connectivity index (χ2v) is 4.41. The summed E-state index contributed by atoms with van der Waals surface area (Å²) in [5.74, 6) is 0.413. The zero-order chi connectivity index (χ0) is 9.84. The number of hydrogen-bond acceptors (Lipinski definition) is 2. The Kier molecular flexibility index (Phi) is 3.72. The SMILES string of the molecule is CC(C)CN1CC[C@@H](CC(=O)O)C1. The predicted octanol–water partition coefficient (Wildman–Crippen LogP) is 1.44. The lowest BCUT2D eigenvalue weighted by Crippen LogP contribution is -2.25. The fraction of sp³-hybridized carbons (Fsp3) is 0.900. The highest BCUT2D eigenvalue weighted by atomic mass is 16.4. The standard InChI is InChI=1S/C10H19NO2/c1-8(2)6-11-4-3-9(7-11)5-10(12)13/h8-9H,3-7H2,1-2H3,(H,12,13)/t9-/m0/s1. The van der Waals surface area contributed by atoms with Crippen LogP contribution in [0.3, 0.4) is 0 Å². The highest BCUT2D eigenvalue weighted by molar-refractivity contribution is 5.67. The van der Waals surface area contributed by atoms with Crippen LogP contribution in [0.4, 0.5) is 0 Å². The first-order valence-corrected chi connectivity index (χ1v) is 5.02. The molecule has 3 heteroatoms. The summed E-state index contributed by atoms with van der Waals surface area (Å²) in [5, 5.41) is 8.62. The Morgan fingerprint density at radius 1 is 1.62 bits per heavy atom. The number of rotatable bonds is 4. The van der Waals surface area contributed by atoms with Crippen molar-refractivity contribution in [2.45, 2.75) is 26.7 Å². The molecule has 76 valence electrons. The molecule has 0 unspecified atom stereocenters. The van der Waals surface area contributed by atoms with Crippen LogP contribution in [-0.2, 0) is 4.79 Å². The van der Waals surface area contributed by atoms with Gasteiger partial charge in [0, 0.05) is 19.5 Å². The van der Waals surface area contributed by atoms with E-state index < -0.39 is 5.97 Å². The molecule has 0 saturated carbocycles. The van der Waals surface area contributed by atoms with Crippen molar-refractivity contribution in [1.82, 2.24) is 4.90 Å². The van der Waals surface area contributed by atoms with E-state index in [0.717, 1.165) is 26.1 Å². The third-order valence-electron chi connectivity index (χ3n) is 2.46. The first-order chi connectivity index (χ1) is 6.08. The minimum absolute atomic E-state index is 0.342. The van der Waals surface area contributed by atoms with Crippen molar-refractivity contribution in [2.24, 2.45) is 11.8 Å². The van der Waals surface area contributed by atoms with Crippen molar-refractivity contribution >= 4 is 5.97 Å². The quantitative estimate of drug-likeness (QED) is 0.720. The summed E-state index contributed by atoms with van der Waals surface area (Å²) in [4.78, 5) is 12.8. The van der Waals surface area contributed by atoms with Crippen molar-refractivity contribution < 1.29 is 9.90 Å². The molecule has 1 aliphatic rings. The molecule has 0 aromatic rings. The molecule has 1 heterocycles. The Hall–Kier alpha value is -0.570. The molecule has 1 fully saturated rings. The molecule has 0 aromatic carbocycles. The first kappa shape index (κ1) is 10.5. The average Bonchev–Trinajstić information content (AvgIpc) is 2.33. The van der Waals surface area contributed by atoms with Crippen molar-refractivity contribution in [3.8, 4) is 0 Å². The number of carbonyl (C=O) groups is 1. The lowest BCUT2D eigenvalue weighted by Gasteiger charge is -2.17. The van der Waals surface area contributed by atoms with Crippen molar-refractivity contribution in [1.29, 1.82) is 0 Å². The largest absolute Gasteiger partial charge is 0.481 e. The summed E-state index contributed by atoms with van der Waals surface area (Å²) >= 11 is 0. The number of carboxylic acid groups (broad SMARTS) is 1. The lowest BCUT2D eigenvalue weighted by molar-refractivity contribution is -0.138. The maximum atomic E-state index is 10.5. The van der Waals surface area contributed by atoms with Crippen molar-refractivity contribution in [2.75, 3.05) is 19.6 Å². The second kappa shape index (κ2) is 4.61. The van der Waals surface area contributed by atoms with Gasteiger partial charge in [-0.05, 0) is 24.8 Å².